The van der Waals surface area contributed by atoms with Gasteiger partial charge >= 0.3 is 0 Å². The van der Waals surface area contributed by atoms with Gasteiger partial charge in [0, 0.05) is 60.6 Å². The number of rotatable bonds is 10. The summed E-state index contributed by atoms with van der Waals surface area (Å²) in [5.41, 5.74) is 6.04. The van der Waals surface area contributed by atoms with Crippen LogP contribution in [-0.2, 0) is 12.8 Å². The summed E-state index contributed by atoms with van der Waals surface area (Å²) >= 11 is 7.08. The summed E-state index contributed by atoms with van der Waals surface area (Å²) in [6, 6.07) is 23.8. The molecule has 11 heteroatoms. The summed E-state index contributed by atoms with van der Waals surface area (Å²) in [7, 11) is 0. The van der Waals surface area contributed by atoms with Crippen molar-refractivity contribution in [2.75, 3.05) is 0 Å². The van der Waals surface area contributed by atoms with Crippen molar-refractivity contribution < 1.29 is 8.78 Å². The standard InChI is InChI=1S/C42H32F2N4S5/c1-21(2)5-7-23-9-11-25(29(43)13-23)31-15-33-35(49-31)17-37(51-33)39-27(19-45)28(20-46)40(42-41(39)47-53-48-42)38-18-36-34(52-38)16-32(50-36)26-12-10-24(14-30(26)44)8-6-22(3)4/h9-18,21-22H,5-8H2,1-4H3. The molecule has 4 nitrogen and oxygen atoms in total. The van der Waals surface area contributed by atoms with E-state index in [1.807, 2.05) is 48.5 Å². The maximum absolute atomic E-state index is 15.3. The fourth-order valence-electron chi connectivity index (χ4n) is 6.63. The lowest BCUT2D eigenvalue weighted by Gasteiger charge is -2.10. The molecule has 3 aromatic carbocycles. The van der Waals surface area contributed by atoms with Crippen molar-refractivity contribution in [2.24, 2.45) is 11.8 Å². The topological polar surface area (TPSA) is 73.4 Å². The van der Waals surface area contributed by atoms with E-state index < -0.39 is 0 Å². The number of hydrogen-bond donors (Lipinski definition) is 0. The number of fused-ring (bicyclic) bond motifs is 3. The van der Waals surface area contributed by atoms with Gasteiger partial charge in [0.05, 0.1) is 22.9 Å². The van der Waals surface area contributed by atoms with Gasteiger partial charge in [0.2, 0.25) is 0 Å². The Bertz CT molecular complexity index is 2510. The van der Waals surface area contributed by atoms with Gasteiger partial charge in [-0.2, -0.15) is 19.3 Å². The molecule has 0 N–H and O–H groups in total. The van der Waals surface area contributed by atoms with Crippen LogP contribution in [0.25, 0.3) is 71.6 Å². The summed E-state index contributed by atoms with van der Waals surface area (Å²) in [5.74, 6) is 0.671. The molecule has 53 heavy (non-hydrogen) atoms. The first-order chi connectivity index (χ1) is 25.6. The molecular weight excluding hydrogens is 759 g/mol. The van der Waals surface area contributed by atoms with Crippen LogP contribution in [0.3, 0.4) is 0 Å². The number of halogens is 2. The molecule has 264 valence electrons. The van der Waals surface area contributed by atoms with Crippen LogP contribution in [0.1, 0.15) is 62.8 Å². The number of benzene rings is 3. The molecule has 5 aromatic heterocycles. The van der Waals surface area contributed by atoms with E-state index >= 15 is 8.78 Å². The molecule has 8 aromatic rings. The summed E-state index contributed by atoms with van der Waals surface area (Å²) in [5, 5.41) is 21.1. The molecular formula is C42H32F2N4S5. The van der Waals surface area contributed by atoms with E-state index in [1.165, 1.54) is 45.3 Å². The van der Waals surface area contributed by atoms with Gasteiger partial charge in [-0.1, -0.05) is 52.0 Å². The van der Waals surface area contributed by atoms with E-state index in [0.717, 1.165) is 86.8 Å². The fraction of sp³-hybridized carbons (Fsp3) is 0.238. The zero-order valence-corrected chi connectivity index (χ0v) is 33.4. The molecule has 0 aliphatic carbocycles. The van der Waals surface area contributed by atoms with Crippen molar-refractivity contribution in [1.82, 2.24) is 8.75 Å². The zero-order valence-electron chi connectivity index (χ0n) is 29.3. The maximum Gasteiger partial charge on any atom is 0.132 e. The third-order valence-electron chi connectivity index (χ3n) is 9.46. The Labute approximate surface area is 326 Å². The highest BCUT2D eigenvalue weighted by atomic mass is 32.1. The zero-order chi connectivity index (χ0) is 37.0. The van der Waals surface area contributed by atoms with E-state index in [0.29, 0.717) is 45.1 Å². The Morgan fingerprint density at radius 3 is 1.30 bits per heavy atom. The van der Waals surface area contributed by atoms with Gasteiger partial charge in [-0.25, -0.2) is 8.78 Å². The molecule has 5 heterocycles. The van der Waals surface area contributed by atoms with Gasteiger partial charge in [-0.3, -0.25) is 0 Å². The maximum atomic E-state index is 15.3. The highest BCUT2D eigenvalue weighted by Crippen LogP contribution is 2.49. The van der Waals surface area contributed by atoms with Crippen LogP contribution in [0.5, 0.6) is 0 Å². The number of hydrogen-bond acceptors (Lipinski definition) is 9. The van der Waals surface area contributed by atoms with Gasteiger partial charge in [-0.05, 0) is 85.0 Å². The van der Waals surface area contributed by atoms with E-state index in [9.17, 15) is 10.5 Å². The summed E-state index contributed by atoms with van der Waals surface area (Å²) in [4.78, 5) is 3.33. The van der Waals surface area contributed by atoms with E-state index in [-0.39, 0.29) is 22.8 Å². The van der Waals surface area contributed by atoms with Gasteiger partial charge in [0.1, 0.15) is 34.8 Å². The summed E-state index contributed by atoms with van der Waals surface area (Å²) < 4.78 is 43.8. The molecule has 0 bridgehead atoms. The highest BCUT2D eigenvalue weighted by molar-refractivity contribution is 7.31. The minimum atomic E-state index is -0.223. The lowest BCUT2D eigenvalue weighted by molar-refractivity contribution is 0.582. The number of thiophene rings is 4. The molecule has 0 aliphatic rings. The van der Waals surface area contributed by atoms with E-state index in [2.05, 4.69) is 48.6 Å². The molecule has 0 spiro atoms. The molecule has 0 fully saturated rings. The second-order valence-electron chi connectivity index (χ2n) is 14.1. The van der Waals surface area contributed by atoms with Crippen LogP contribution in [0.4, 0.5) is 8.78 Å². The van der Waals surface area contributed by atoms with Crippen molar-refractivity contribution >= 4 is 86.9 Å². The first kappa shape index (κ1) is 35.7. The van der Waals surface area contributed by atoms with Crippen LogP contribution >= 0.6 is 57.1 Å². The lowest BCUT2D eigenvalue weighted by atomic mass is 9.93. The van der Waals surface area contributed by atoms with Gasteiger partial charge in [0.15, 0.2) is 0 Å². The molecule has 0 atom stereocenters. The largest absolute Gasteiger partial charge is 0.206 e. The van der Waals surface area contributed by atoms with Gasteiger partial charge in [-0.15, -0.1) is 45.3 Å². The van der Waals surface area contributed by atoms with E-state index in [4.69, 9.17) is 0 Å². The lowest BCUT2D eigenvalue weighted by Crippen LogP contribution is -1.95. The normalized spacial score (nSPS) is 11.8. The second kappa shape index (κ2) is 14.5. The average molecular weight is 791 g/mol. The van der Waals surface area contributed by atoms with Crippen molar-refractivity contribution in [2.45, 2.75) is 53.4 Å². The Kier molecular flexibility index (Phi) is 9.73. The van der Waals surface area contributed by atoms with Crippen molar-refractivity contribution in [1.29, 1.82) is 10.5 Å². The van der Waals surface area contributed by atoms with Gasteiger partial charge in [0.25, 0.3) is 0 Å². The fourth-order valence-corrected chi connectivity index (χ4v) is 12.1. The predicted molar refractivity (Wildman–Crippen MR) is 221 cm³/mol. The number of nitriles is 2. The number of aryl methyl sites for hydroxylation is 2. The van der Waals surface area contributed by atoms with Crippen molar-refractivity contribution in [3.63, 3.8) is 0 Å². The van der Waals surface area contributed by atoms with E-state index in [1.54, 1.807) is 12.1 Å². The predicted octanol–water partition coefficient (Wildman–Crippen LogP) is 14.1. The molecule has 0 saturated heterocycles. The molecule has 0 saturated carbocycles. The molecule has 0 unspecified atom stereocenters. The van der Waals surface area contributed by atoms with Crippen LogP contribution in [0.2, 0.25) is 0 Å². The molecule has 0 radical (unpaired) electrons. The third kappa shape index (κ3) is 6.71. The van der Waals surface area contributed by atoms with Crippen molar-refractivity contribution in [3.8, 4) is 53.9 Å². The Morgan fingerprint density at radius 2 is 0.943 bits per heavy atom. The summed E-state index contributed by atoms with van der Waals surface area (Å²) in [6.07, 6.45) is 3.73. The monoisotopic (exact) mass is 790 g/mol. The first-order valence-electron chi connectivity index (χ1n) is 17.4. The number of aromatic nitrogens is 2. The highest BCUT2D eigenvalue weighted by Gasteiger charge is 2.27. The average Bonchev–Trinajstić information content (AvgIpc) is 3.96. The SMILES string of the molecule is CC(C)CCc1ccc(-c2cc3sc(-c4c(C#N)c(C#N)c(-c5cc6sc(-c7ccc(CCC(C)C)cc7F)cc6s5)c5nsnc45)cc3s2)c(F)c1. The summed E-state index contributed by atoms with van der Waals surface area (Å²) in [6.45, 7) is 8.68. The second-order valence-corrected chi connectivity index (χ2v) is 18.9. The Balaban J connectivity index is 1.14. The Hall–Kier alpha value is -4.36. The quantitative estimate of drug-likeness (QED) is 0.138. The Morgan fingerprint density at radius 1 is 0.566 bits per heavy atom. The van der Waals surface area contributed by atoms with Crippen LogP contribution in [0, 0.1) is 46.1 Å². The number of nitrogens with zero attached hydrogens (tertiary/aromatic N) is 4. The van der Waals surface area contributed by atoms with Crippen molar-refractivity contribution in [3.05, 3.63) is 94.6 Å². The first-order valence-corrected chi connectivity index (χ1v) is 21.4. The van der Waals surface area contributed by atoms with Crippen LogP contribution < -0.4 is 0 Å². The minimum Gasteiger partial charge on any atom is -0.206 e. The third-order valence-corrected chi connectivity index (χ3v) is 14.7. The van der Waals surface area contributed by atoms with Crippen LogP contribution in [0.15, 0.2) is 60.7 Å². The van der Waals surface area contributed by atoms with Crippen LogP contribution in [-0.4, -0.2) is 8.75 Å². The smallest absolute Gasteiger partial charge is 0.132 e. The minimum absolute atomic E-state index is 0.223. The molecule has 8 rings (SSSR count). The molecule has 0 aliphatic heterocycles. The molecule has 0 amide bonds. The van der Waals surface area contributed by atoms with Gasteiger partial charge < -0.3 is 0 Å².